The van der Waals surface area contributed by atoms with Crippen molar-refractivity contribution in [2.24, 2.45) is 5.73 Å². The fourth-order valence-electron chi connectivity index (χ4n) is 2.01. The van der Waals surface area contributed by atoms with Gasteiger partial charge in [-0.2, -0.15) is 0 Å². The van der Waals surface area contributed by atoms with Gasteiger partial charge in [-0.1, -0.05) is 0 Å². The first-order valence-corrected chi connectivity index (χ1v) is 7.98. The van der Waals surface area contributed by atoms with Crippen LogP contribution in [0.25, 0.3) is 0 Å². The van der Waals surface area contributed by atoms with Gasteiger partial charge in [-0.25, -0.2) is 13.1 Å². The van der Waals surface area contributed by atoms with Crippen molar-refractivity contribution in [1.29, 1.82) is 0 Å². The largest absolute Gasteiger partial charge is 0.493 e. The average molecular weight is 284 g/mol. The Morgan fingerprint density at radius 1 is 1.47 bits per heavy atom. The maximum Gasteiger partial charge on any atom is 0.240 e. The molecule has 1 unspecified atom stereocenters. The van der Waals surface area contributed by atoms with Gasteiger partial charge in [-0.05, 0) is 49.9 Å². The van der Waals surface area contributed by atoms with Crippen LogP contribution in [0.5, 0.6) is 5.75 Å². The lowest BCUT2D eigenvalue weighted by Crippen LogP contribution is -2.29. The van der Waals surface area contributed by atoms with Gasteiger partial charge in [0.2, 0.25) is 10.0 Å². The molecule has 0 fully saturated rings. The molecule has 0 spiro atoms. The molecule has 1 aliphatic heterocycles. The summed E-state index contributed by atoms with van der Waals surface area (Å²) in [5, 5.41) is 0. The molecule has 1 heterocycles. The van der Waals surface area contributed by atoms with Gasteiger partial charge in [-0.3, -0.25) is 0 Å². The second-order valence-corrected chi connectivity index (χ2v) is 6.65. The Kier molecular flexibility index (Phi) is 4.44. The van der Waals surface area contributed by atoms with Crippen molar-refractivity contribution in [1.82, 2.24) is 4.72 Å². The number of ether oxygens (including phenoxy) is 1. The molecule has 0 saturated carbocycles. The van der Waals surface area contributed by atoms with Gasteiger partial charge >= 0.3 is 0 Å². The van der Waals surface area contributed by atoms with Crippen molar-refractivity contribution in [2.75, 3.05) is 13.2 Å². The molecule has 1 aromatic rings. The molecule has 1 atom stereocenters. The number of sulfonamides is 1. The van der Waals surface area contributed by atoms with Crippen molar-refractivity contribution in [3.05, 3.63) is 23.8 Å². The van der Waals surface area contributed by atoms with Crippen LogP contribution in [0, 0.1) is 0 Å². The molecule has 0 amide bonds. The normalized spacial score (nSPS) is 16.5. The highest BCUT2D eigenvalue weighted by molar-refractivity contribution is 7.89. The number of rotatable bonds is 5. The molecule has 0 aliphatic carbocycles. The van der Waals surface area contributed by atoms with Gasteiger partial charge < -0.3 is 10.5 Å². The fourth-order valence-corrected chi connectivity index (χ4v) is 3.11. The van der Waals surface area contributed by atoms with E-state index in [1.54, 1.807) is 18.2 Å². The average Bonchev–Trinajstić information content (AvgIpc) is 2.37. The van der Waals surface area contributed by atoms with E-state index in [4.69, 9.17) is 10.5 Å². The number of benzene rings is 1. The topological polar surface area (TPSA) is 81.4 Å². The summed E-state index contributed by atoms with van der Waals surface area (Å²) in [6, 6.07) is 5.00. The number of hydrogen-bond acceptors (Lipinski definition) is 4. The van der Waals surface area contributed by atoms with E-state index in [0.717, 1.165) is 24.2 Å². The van der Waals surface area contributed by atoms with Gasteiger partial charge in [-0.15, -0.1) is 0 Å². The summed E-state index contributed by atoms with van der Waals surface area (Å²) in [6.07, 6.45) is 2.40. The van der Waals surface area contributed by atoms with Crippen LogP contribution < -0.4 is 15.2 Å². The molecule has 1 aliphatic rings. The highest BCUT2D eigenvalue weighted by Crippen LogP contribution is 2.27. The van der Waals surface area contributed by atoms with Gasteiger partial charge in [0.05, 0.1) is 11.5 Å². The van der Waals surface area contributed by atoms with E-state index in [2.05, 4.69) is 4.72 Å². The maximum absolute atomic E-state index is 12.1. The first-order valence-electron chi connectivity index (χ1n) is 6.50. The number of nitrogens with two attached hydrogens (primary N) is 1. The van der Waals surface area contributed by atoms with E-state index >= 15 is 0 Å². The molecular formula is C13H20N2O3S. The monoisotopic (exact) mass is 284 g/mol. The van der Waals surface area contributed by atoms with E-state index < -0.39 is 10.0 Å². The highest BCUT2D eigenvalue weighted by Gasteiger charge is 2.18. The minimum Gasteiger partial charge on any atom is -0.493 e. The highest BCUT2D eigenvalue weighted by atomic mass is 32.2. The van der Waals surface area contributed by atoms with E-state index in [-0.39, 0.29) is 6.04 Å². The minimum absolute atomic E-state index is 0.0142. The predicted molar refractivity (Wildman–Crippen MR) is 73.7 cm³/mol. The Labute approximate surface area is 114 Å². The second-order valence-electron chi connectivity index (χ2n) is 4.89. The SMILES string of the molecule is CC(N)CCNS(=O)(=O)c1ccc2c(c1)CCCO2. The van der Waals surface area contributed by atoms with Crippen LogP contribution in [0.2, 0.25) is 0 Å². The summed E-state index contributed by atoms with van der Waals surface area (Å²) < 4.78 is 32.3. The molecule has 0 radical (unpaired) electrons. The van der Waals surface area contributed by atoms with Gasteiger partial charge in [0.1, 0.15) is 5.75 Å². The first-order chi connectivity index (χ1) is 8.99. The van der Waals surface area contributed by atoms with Crippen LogP contribution in [0.1, 0.15) is 25.3 Å². The Balaban J connectivity index is 2.12. The Bertz CT molecular complexity index is 541. The third-order valence-electron chi connectivity index (χ3n) is 3.08. The van der Waals surface area contributed by atoms with E-state index in [1.165, 1.54) is 0 Å². The van der Waals surface area contributed by atoms with Crippen molar-refractivity contribution in [3.8, 4) is 5.75 Å². The van der Waals surface area contributed by atoms with Crippen molar-refractivity contribution >= 4 is 10.0 Å². The lowest BCUT2D eigenvalue weighted by molar-refractivity contribution is 0.288. The molecule has 6 heteroatoms. The molecule has 106 valence electrons. The van der Waals surface area contributed by atoms with Gasteiger partial charge in [0.15, 0.2) is 0 Å². The standard InChI is InChI=1S/C13H20N2O3S/c1-10(14)6-7-15-19(16,17)12-4-5-13-11(9-12)3-2-8-18-13/h4-5,9-10,15H,2-3,6-8,14H2,1H3. The van der Waals surface area contributed by atoms with Crippen molar-refractivity contribution in [3.63, 3.8) is 0 Å². The quantitative estimate of drug-likeness (QED) is 0.846. The third kappa shape index (κ3) is 3.68. The molecule has 5 nitrogen and oxygen atoms in total. The molecule has 0 aromatic heterocycles. The lowest BCUT2D eigenvalue weighted by atomic mass is 10.1. The molecule has 19 heavy (non-hydrogen) atoms. The number of aryl methyl sites for hydroxylation is 1. The summed E-state index contributed by atoms with van der Waals surface area (Å²) in [4.78, 5) is 0.293. The van der Waals surface area contributed by atoms with E-state index in [1.807, 2.05) is 6.92 Å². The van der Waals surface area contributed by atoms with Gasteiger partial charge in [0, 0.05) is 12.6 Å². The predicted octanol–water partition coefficient (Wildman–Crippen LogP) is 1.03. The van der Waals surface area contributed by atoms with Gasteiger partial charge in [0.25, 0.3) is 0 Å². The smallest absolute Gasteiger partial charge is 0.240 e. The van der Waals surface area contributed by atoms with Crippen LogP contribution in [-0.4, -0.2) is 27.6 Å². The Morgan fingerprint density at radius 3 is 3.00 bits per heavy atom. The molecule has 0 saturated heterocycles. The molecule has 1 aromatic carbocycles. The van der Waals surface area contributed by atoms with Crippen LogP contribution >= 0.6 is 0 Å². The zero-order valence-electron chi connectivity index (χ0n) is 11.1. The first kappa shape index (κ1) is 14.3. The zero-order valence-corrected chi connectivity index (χ0v) is 11.9. The second kappa shape index (κ2) is 5.90. The summed E-state index contributed by atoms with van der Waals surface area (Å²) in [5.74, 6) is 0.792. The lowest BCUT2D eigenvalue weighted by Gasteiger charge is -2.18. The van der Waals surface area contributed by atoms with Crippen LogP contribution in [0.15, 0.2) is 23.1 Å². The number of hydrogen-bond donors (Lipinski definition) is 2. The molecule has 2 rings (SSSR count). The summed E-state index contributed by atoms with van der Waals surface area (Å²) in [5.41, 5.74) is 6.56. The van der Waals surface area contributed by atoms with Crippen molar-refractivity contribution in [2.45, 2.75) is 37.1 Å². The summed E-state index contributed by atoms with van der Waals surface area (Å²) >= 11 is 0. The van der Waals surface area contributed by atoms with E-state index in [9.17, 15) is 8.42 Å². The maximum atomic E-state index is 12.1. The van der Waals surface area contributed by atoms with Crippen LogP contribution in [0.3, 0.4) is 0 Å². The number of fused-ring (bicyclic) bond motifs is 1. The zero-order chi connectivity index (χ0) is 13.9. The third-order valence-corrected chi connectivity index (χ3v) is 4.54. The Morgan fingerprint density at radius 2 is 2.26 bits per heavy atom. The summed E-state index contributed by atoms with van der Waals surface area (Å²) in [6.45, 7) is 2.91. The van der Waals surface area contributed by atoms with Crippen LogP contribution in [0.4, 0.5) is 0 Å². The molecular weight excluding hydrogens is 264 g/mol. The van der Waals surface area contributed by atoms with Crippen molar-refractivity contribution < 1.29 is 13.2 Å². The summed E-state index contributed by atoms with van der Waals surface area (Å²) in [7, 11) is -3.45. The fraction of sp³-hybridized carbons (Fsp3) is 0.538. The molecule has 3 N–H and O–H groups in total. The number of nitrogens with one attached hydrogen (secondary N) is 1. The minimum atomic E-state index is -3.45. The molecule has 0 bridgehead atoms. The van der Waals surface area contributed by atoms with Crippen LogP contribution in [-0.2, 0) is 16.4 Å². The Hall–Kier alpha value is -1.11. The van der Waals surface area contributed by atoms with E-state index in [0.29, 0.717) is 24.5 Å².